The molecule has 0 saturated carbocycles. The van der Waals surface area contributed by atoms with Crippen molar-refractivity contribution in [3.8, 4) is 0 Å². The van der Waals surface area contributed by atoms with E-state index in [-0.39, 0.29) is 5.97 Å². The van der Waals surface area contributed by atoms with Gasteiger partial charge in [-0.25, -0.2) is 0 Å². The topological polar surface area (TPSA) is 26.3 Å². The molecule has 1 aromatic carbocycles. The zero-order chi connectivity index (χ0) is 8.10. The van der Waals surface area contributed by atoms with Crippen molar-refractivity contribution in [2.45, 2.75) is 6.92 Å². The van der Waals surface area contributed by atoms with Gasteiger partial charge in [0.15, 0.2) is 0 Å². The van der Waals surface area contributed by atoms with Crippen LogP contribution in [0, 0.1) is 0 Å². The Labute approximate surface area is 76.2 Å². The predicted molar refractivity (Wildman–Crippen MR) is 43.6 cm³/mol. The first kappa shape index (κ1) is 8.58. The van der Waals surface area contributed by atoms with Crippen LogP contribution in [0.25, 0.3) is 0 Å². The third-order valence-electron chi connectivity index (χ3n) is 0.998. The molecular formula is C8H8O2Te. The van der Waals surface area contributed by atoms with E-state index in [4.69, 9.17) is 3.10 Å². The Morgan fingerprint density at radius 3 is 2.55 bits per heavy atom. The van der Waals surface area contributed by atoms with Crippen LogP contribution in [0.3, 0.4) is 0 Å². The number of benzene rings is 1. The molecule has 0 amide bonds. The summed E-state index contributed by atoms with van der Waals surface area (Å²) in [7, 11) is 0. The number of carbonyl (C=O) groups is 1. The van der Waals surface area contributed by atoms with Crippen molar-refractivity contribution in [1.82, 2.24) is 0 Å². The van der Waals surface area contributed by atoms with Crippen LogP contribution < -0.4 is 3.61 Å². The molecule has 0 N–H and O–H groups in total. The maximum absolute atomic E-state index is 10.4. The average Bonchev–Trinajstić information content (AvgIpc) is 2.03. The minimum absolute atomic E-state index is 0.184. The summed E-state index contributed by atoms with van der Waals surface area (Å²) >= 11 is -0.733. The normalized spacial score (nSPS) is 9.18. The Bertz CT molecular complexity index is 233. The van der Waals surface area contributed by atoms with E-state index in [2.05, 4.69) is 0 Å². The van der Waals surface area contributed by atoms with Crippen LogP contribution in [0.15, 0.2) is 30.3 Å². The van der Waals surface area contributed by atoms with Crippen molar-refractivity contribution in [3.63, 3.8) is 0 Å². The van der Waals surface area contributed by atoms with Gasteiger partial charge in [-0.05, 0) is 0 Å². The monoisotopic (exact) mass is 266 g/mol. The molecule has 1 aromatic rings. The van der Waals surface area contributed by atoms with E-state index < -0.39 is 21.3 Å². The molecule has 0 saturated heterocycles. The van der Waals surface area contributed by atoms with Crippen LogP contribution in [-0.4, -0.2) is 27.3 Å². The van der Waals surface area contributed by atoms with E-state index in [9.17, 15) is 4.79 Å². The molecular weight excluding hydrogens is 256 g/mol. The SMILES string of the molecule is CC(=O)O[Te]c1ccccc1. The molecule has 11 heavy (non-hydrogen) atoms. The summed E-state index contributed by atoms with van der Waals surface area (Å²) in [6.45, 7) is 1.44. The molecule has 58 valence electrons. The van der Waals surface area contributed by atoms with Gasteiger partial charge in [0.2, 0.25) is 0 Å². The second-order valence-corrected chi connectivity index (χ2v) is 4.27. The van der Waals surface area contributed by atoms with Crippen LogP contribution in [0.4, 0.5) is 0 Å². The van der Waals surface area contributed by atoms with Crippen molar-refractivity contribution < 1.29 is 7.90 Å². The number of rotatable bonds is 2. The summed E-state index contributed by atoms with van der Waals surface area (Å²) in [5.74, 6) is -0.184. The van der Waals surface area contributed by atoms with Crippen molar-refractivity contribution >= 4 is 30.9 Å². The van der Waals surface area contributed by atoms with Crippen LogP contribution in [-0.2, 0) is 7.90 Å². The molecule has 0 radical (unpaired) electrons. The third-order valence-corrected chi connectivity index (χ3v) is 3.23. The molecule has 0 atom stereocenters. The minimum atomic E-state index is -0.733. The first-order valence-electron chi connectivity index (χ1n) is 3.19. The van der Waals surface area contributed by atoms with Gasteiger partial charge in [-0.15, -0.1) is 0 Å². The number of hydrogen-bond acceptors (Lipinski definition) is 2. The molecule has 0 unspecified atom stereocenters. The Hall–Kier alpha value is -0.520. The van der Waals surface area contributed by atoms with E-state index in [0.29, 0.717) is 0 Å². The summed E-state index contributed by atoms with van der Waals surface area (Å²) in [5, 5.41) is 0. The second kappa shape index (κ2) is 4.38. The van der Waals surface area contributed by atoms with Gasteiger partial charge in [0.05, 0.1) is 0 Å². The summed E-state index contributed by atoms with van der Waals surface area (Å²) < 4.78 is 6.07. The fourth-order valence-electron chi connectivity index (χ4n) is 0.583. The molecule has 0 heterocycles. The zero-order valence-electron chi connectivity index (χ0n) is 6.11. The fourth-order valence-corrected chi connectivity index (χ4v) is 1.96. The van der Waals surface area contributed by atoms with Gasteiger partial charge in [-0.1, -0.05) is 0 Å². The summed E-state index contributed by atoms with van der Waals surface area (Å²) in [6.07, 6.45) is 0. The number of hydrogen-bond donors (Lipinski definition) is 0. The quantitative estimate of drug-likeness (QED) is 0.727. The van der Waals surface area contributed by atoms with Crippen molar-refractivity contribution in [1.29, 1.82) is 0 Å². The van der Waals surface area contributed by atoms with Gasteiger partial charge < -0.3 is 0 Å². The molecule has 0 aliphatic carbocycles. The van der Waals surface area contributed by atoms with Gasteiger partial charge in [-0.2, -0.15) is 0 Å². The predicted octanol–water partition coefficient (Wildman–Crippen LogP) is 0.494. The van der Waals surface area contributed by atoms with E-state index in [1.807, 2.05) is 30.3 Å². The maximum atomic E-state index is 10.4. The van der Waals surface area contributed by atoms with Gasteiger partial charge >= 0.3 is 76.1 Å². The molecule has 2 nitrogen and oxygen atoms in total. The Morgan fingerprint density at radius 1 is 1.36 bits per heavy atom. The molecule has 0 fully saturated rings. The zero-order valence-corrected chi connectivity index (χ0v) is 8.44. The molecule has 0 aliphatic heterocycles. The third kappa shape index (κ3) is 3.41. The van der Waals surface area contributed by atoms with E-state index in [1.165, 1.54) is 6.92 Å². The first-order valence-corrected chi connectivity index (χ1v) is 5.31. The number of carbonyl (C=O) groups excluding carboxylic acids is 1. The summed E-state index contributed by atoms with van der Waals surface area (Å²) in [5.41, 5.74) is 0. The fraction of sp³-hybridized carbons (Fsp3) is 0.125. The standard InChI is InChI=1S/C8H8O2Te/c1-7(9)10-11-8-5-3-2-4-6-8/h2-6H,1H3. The molecule has 0 bridgehead atoms. The summed E-state index contributed by atoms with van der Waals surface area (Å²) in [6, 6.07) is 9.80. The van der Waals surface area contributed by atoms with E-state index in [1.54, 1.807) is 0 Å². The molecule has 0 spiro atoms. The van der Waals surface area contributed by atoms with Gasteiger partial charge in [-0.3, -0.25) is 0 Å². The van der Waals surface area contributed by atoms with Crippen LogP contribution in [0.5, 0.6) is 0 Å². The average molecular weight is 264 g/mol. The van der Waals surface area contributed by atoms with Gasteiger partial charge in [0.25, 0.3) is 0 Å². The molecule has 3 heteroatoms. The van der Waals surface area contributed by atoms with Crippen LogP contribution in [0.1, 0.15) is 6.92 Å². The van der Waals surface area contributed by atoms with Crippen molar-refractivity contribution in [2.24, 2.45) is 0 Å². The van der Waals surface area contributed by atoms with Crippen LogP contribution >= 0.6 is 0 Å². The molecule has 0 aliphatic rings. The van der Waals surface area contributed by atoms with E-state index >= 15 is 0 Å². The van der Waals surface area contributed by atoms with Gasteiger partial charge in [0.1, 0.15) is 0 Å². The summed E-state index contributed by atoms with van der Waals surface area (Å²) in [4.78, 5) is 10.4. The Kier molecular flexibility index (Phi) is 3.41. The second-order valence-electron chi connectivity index (χ2n) is 1.97. The first-order chi connectivity index (χ1) is 5.29. The Balaban J connectivity index is 2.45. The van der Waals surface area contributed by atoms with Crippen molar-refractivity contribution in [2.75, 3.05) is 0 Å². The molecule has 0 aromatic heterocycles. The van der Waals surface area contributed by atoms with Gasteiger partial charge in [0, 0.05) is 0 Å². The van der Waals surface area contributed by atoms with E-state index in [0.717, 1.165) is 3.61 Å². The van der Waals surface area contributed by atoms with Crippen LogP contribution in [0.2, 0.25) is 0 Å². The Morgan fingerprint density at radius 2 is 2.00 bits per heavy atom. The molecule has 1 rings (SSSR count). The van der Waals surface area contributed by atoms with Crippen molar-refractivity contribution in [3.05, 3.63) is 30.3 Å².